The number of thioether (sulfide) groups is 1. The van der Waals surface area contributed by atoms with Crippen molar-refractivity contribution in [3.63, 3.8) is 0 Å². The fourth-order valence-electron chi connectivity index (χ4n) is 1.73. The zero-order valence-corrected chi connectivity index (χ0v) is 14.1. The molecule has 22 heavy (non-hydrogen) atoms. The van der Waals surface area contributed by atoms with E-state index in [2.05, 4.69) is 5.32 Å². The van der Waals surface area contributed by atoms with Gasteiger partial charge in [0.05, 0.1) is 11.1 Å². The molecule has 122 valence electrons. The molecule has 0 spiro atoms. The van der Waals surface area contributed by atoms with Crippen molar-refractivity contribution in [1.82, 2.24) is 5.32 Å². The lowest BCUT2D eigenvalue weighted by Gasteiger charge is -2.17. The minimum Gasteiger partial charge on any atom is -0.330 e. The fraction of sp³-hybridized carbons (Fsp3) is 0.438. The number of unbranched alkanes of at least 4 members (excludes halogenated alkanes) is 1. The highest BCUT2D eigenvalue weighted by atomic mass is 32.2. The summed E-state index contributed by atoms with van der Waals surface area (Å²) in [5, 5.41) is 20.2. The Morgan fingerprint density at radius 3 is 2.41 bits per heavy atom. The fourth-order valence-corrected chi connectivity index (χ4v) is 2.58. The molecule has 0 heterocycles. The molecule has 0 saturated heterocycles. The molecule has 0 aliphatic rings. The molecule has 0 aromatic heterocycles. The summed E-state index contributed by atoms with van der Waals surface area (Å²) in [6, 6.07) is 9.54. The van der Waals surface area contributed by atoms with Crippen molar-refractivity contribution in [3.8, 4) is 0 Å². The van der Waals surface area contributed by atoms with Crippen LogP contribution in [0.15, 0.2) is 30.3 Å². The number of aldehydes is 1. The van der Waals surface area contributed by atoms with Crippen LogP contribution in [0.1, 0.15) is 31.7 Å². The molecule has 5 N–H and O–H groups in total. The van der Waals surface area contributed by atoms with Crippen molar-refractivity contribution in [2.45, 2.75) is 32.2 Å². The highest BCUT2D eigenvalue weighted by molar-refractivity contribution is 8.26. The zero-order valence-electron chi connectivity index (χ0n) is 13.3. The van der Waals surface area contributed by atoms with Gasteiger partial charge in [0.2, 0.25) is 0 Å². The van der Waals surface area contributed by atoms with Gasteiger partial charge in [0.1, 0.15) is 11.3 Å². The number of hydrogen-bond acceptors (Lipinski definition) is 6. The number of benzene rings is 1. The predicted molar refractivity (Wildman–Crippen MR) is 96.1 cm³/mol. The first kappa shape index (κ1) is 20.5. The molecule has 0 bridgehead atoms. The standard InChI is InChI=1S/C14H22N4S.C2H4O/c1-18-12(9-5-6-10-15)14(17)19-13(16)11-7-3-2-4-8-11;1-2-3/h2-4,7-8,12,16-18H,5-6,9-10,15H2,1H3;2H,1H3. The molecule has 1 aromatic rings. The molecule has 0 aliphatic carbocycles. The number of nitrogens with one attached hydrogen (secondary N) is 3. The summed E-state index contributed by atoms with van der Waals surface area (Å²) in [5.41, 5.74) is 6.33. The molecule has 0 fully saturated rings. The number of carbonyl (C=O) groups excluding carboxylic acids is 1. The van der Waals surface area contributed by atoms with Gasteiger partial charge in [0.25, 0.3) is 0 Å². The van der Waals surface area contributed by atoms with Crippen LogP contribution >= 0.6 is 11.8 Å². The van der Waals surface area contributed by atoms with Crippen LogP contribution in [-0.4, -0.2) is 36.0 Å². The van der Waals surface area contributed by atoms with E-state index in [-0.39, 0.29) is 6.04 Å². The Labute approximate surface area is 137 Å². The van der Waals surface area contributed by atoms with Crippen molar-refractivity contribution >= 4 is 28.1 Å². The van der Waals surface area contributed by atoms with Crippen molar-refractivity contribution in [3.05, 3.63) is 35.9 Å². The van der Waals surface area contributed by atoms with Crippen molar-refractivity contribution in [1.29, 1.82) is 10.8 Å². The lowest BCUT2D eigenvalue weighted by Crippen LogP contribution is -2.32. The van der Waals surface area contributed by atoms with Gasteiger partial charge >= 0.3 is 0 Å². The Morgan fingerprint density at radius 2 is 1.91 bits per heavy atom. The molecule has 1 atom stereocenters. The van der Waals surface area contributed by atoms with E-state index in [1.807, 2.05) is 37.4 Å². The lowest BCUT2D eigenvalue weighted by atomic mass is 10.1. The maximum absolute atomic E-state index is 8.81. The van der Waals surface area contributed by atoms with Crippen molar-refractivity contribution in [2.75, 3.05) is 13.6 Å². The van der Waals surface area contributed by atoms with E-state index in [4.69, 9.17) is 21.3 Å². The van der Waals surface area contributed by atoms with Gasteiger partial charge in [0.15, 0.2) is 0 Å². The van der Waals surface area contributed by atoms with Crippen LogP contribution in [0.4, 0.5) is 0 Å². The second-order valence-corrected chi connectivity index (χ2v) is 5.58. The molecule has 0 radical (unpaired) electrons. The topological polar surface area (TPSA) is 103 Å². The van der Waals surface area contributed by atoms with Gasteiger partial charge in [-0.3, -0.25) is 10.8 Å². The second kappa shape index (κ2) is 13.2. The molecule has 5 nitrogen and oxygen atoms in total. The van der Waals surface area contributed by atoms with Gasteiger partial charge in [0, 0.05) is 5.56 Å². The van der Waals surface area contributed by atoms with Crippen molar-refractivity contribution in [2.24, 2.45) is 5.73 Å². The van der Waals surface area contributed by atoms with Gasteiger partial charge in [-0.1, -0.05) is 48.5 Å². The number of nitrogens with two attached hydrogens (primary N) is 1. The highest BCUT2D eigenvalue weighted by Gasteiger charge is 2.15. The SMILES string of the molecule is CC=O.CNC(CCCCN)C(=N)SC(=N)c1ccccc1. The third-order valence-electron chi connectivity index (χ3n) is 2.86. The Hall–Kier alpha value is -1.50. The molecule has 1 aromatic carbocycles. The van der Waals surface area contributed by atoms with E-state index in [0.29, 0.717) is 16.6 Å². The molecule has 0 saturated carbocycles. The van der Waals surface area contributed by atoms with Gasteiger partial charge in [-0.15, -0.1) is 0 Å². The Morgan fingerprint density at radius 1 is 1.32 bits per heavy atom. The summed E-state index contributed by atoms with van der Waals surface area (Å²) < 4.78 is 0. The van der Waals surface area contributed by atoms with E-state index < -0.39 is 0 Å². The van der Waals surface area contributed by atoms with Gasteiger partial charge in [-0.05, 0) is 33.4 Å². The Balaban J connectivity index is 0.00000135. The van der Waals surface area contributed by atoms with E-state index in [0.717, 1.165) is 31.1 Å². The lowest BCUT2D eigenvalue weighted by molar-refractivity contribution is -0.106. The van der Waals surface area contributed by atoms with E-state index in [9.17, 15) is 0 Å². The van der Waals surface area contributed by atoms with Crippen LogP contribution in [0.3, 0.4) is 0 Å². The molecule has 0 aliphatic heterocycles. The summed E-state index contributed by atoms with van der Waals surface area (Å²) in [7, 11) is 1.86. The Kier molecular flexibility index (Phi) is 12.3. The van der Waals surface area contributed by atoms with Crippen LogP contribution in [-0.2, 0) is 4.79 Å². The Bertz CT molecular complexity index is 451. The van der Waals surface area contributed by atoms with Gasteiger partial charge in [-0.25, -0.2) is 0 Å². The summed E-state index contributed by atoms with van der Waals surface area (Å²) in [4.78, 5) is 8.81. The average Bonchev–Trinajstić information content (AvgIpc) is 2.53. The first-order valence-electron chi connectivity index (χ1n) is 7.28. The number of carbonyl (C=O) groups is 1. The summed E-state index contributed by atoms with van der Waals surface area (Å²) in [6.07, 6.45) is 3.62. The summed E-state index contributed by atoms with van der Waals surface area (Å²) in [5.74, 6) is 0. The maximum Gasteiger partial charge on any atom is 0.116 e. The van der Waals surface area contributed by atoms with E-state index in [1.165, 1.54) is 18.7 Å². The van der Waals surface area contributed by atoms with Crippen LogP contribution < -0.4 is 11.1 Å². The van der Waals surface area contributed by atoms with Crippen LogP contribution in [0, 0.1) is 10.8 Å². The molecule has 1 unspecified atom stereocenters. The zero-order chi connectivity index (χ0) is 16.8. The first-order valence-corrected chi connectivity index (χ1v) is 8.09. The predicted octanol–water partition coefficient (Wildman–Crippen LogP) is 2.64. The molecule has 1 rings (SSSR count). The minimum atomic E-state index is 0.0145. The monoisotopic (exact) mass is 322 g/mol. The average molecular weight is 322 g/mol. The van der Waals surface area contributed by atoms with Crippen LogP contribution in [0.5, 0.6) is 0 Å². The quantitative estimate of drug-likeness (QED) is 0.268. The molecule has 6 heteroatoms. The summed E-state index contributed by atoms with van der Waals surface area (Å²) in [6.45, 7) is 2.14. The van der Waals surface area contributed by atoms with Crippen molar-refractivity contribution < 1.29 is 4.79 Å². The minimum absolute atomic E-state index is 0.0145. The number of rotatable bonds is 7. The molecular formula is C16H26N4OS. The maximum atomic E-state index is 8.81. The largest absolute Gasteiger partial charge is 0.330 e. The smallest absolute Gasteiger partial charge is 0.116 e. The van der Waals surface area contributed by atoms with E-state index in [1.54, 1.807) is 0 Å². The first-order chi connectivity index (χ1) is 10.6. The molecular weight excluding hydrogens is 296 g/mol. The molecule has 0 amide bonds. The number of hydrogen-bond donors (Lipinski definition) is 4. The third-order valence-corrected chi connectivity index (χ3v) is 3.80. The van der Waals surface area contributed by atoms with Gasteiger partial charge < -0.3 is 15.8 Å². The van der Waals surface area contributed by atoms with E-state index >= 15 is 0 Å². The van der Waals surface area contributed by atoms with Crippen LogP contribution in [0.2, 0.25) is 0 Å². The summed E-state index contributed by atoms with van der Waals surface area (Å²) >= 11 is 1.22. The normalized spacial score (nSPS) is 11.0. The highest BCUT2D eigenvalue weighted by Crippen LogP contribution is 2.17. The van der Waals surface area contributed by atoms with Gasteiger partial charge in [-0.2, -0.15) is 0 Å². The second-order valence-electron chi connectivity index (χ2n) is 4.52. The van der Waals surface area contributed by atoms with Crippen LogP contribution in [0.25, 0.3) is 0 Å². The third kappa shape index (κ3) is 8.71.